The van der Waals surface area contributed by atoms with Crippen molar-refractivity contribution in [3.63, 3.8) is 0 Å². The van der Waals surface area contributed by atoms with E-state index in [4.69, 9.17) is 5.11 Å². The van der Waals surface area contributed by atoms with Crippen LogP contribution >= 0.6 is 0 Å². The van der Waals surface area contributed by atoms with Gasteiger partial charge in [-0.25, -0.2) is 0 Å². The third kappa shape index (κ3) is 1.72. The average molecular weight is 183 g/mol. The van der Waals surface area contributed by atoms with Crippen LogP contribution in [0.5, 0.6) is 5.75 Å². The molecule has 0 aliphatic heterocycles. The molecular weight excluding hydrogens is 170 g/mol. The van der Waals surface area contributed by atoms with Crippen molar-refractivity contribution in [1.29, 1.82) is 0 Å². The van der Waals surface area contributed by atoms with Gasteiger partial charge in [0, 0.05) is 11.8 Å². The molecule has 0 atom stereocenters. The standard InChI is InChI=1S/C9H13NO3/c1-5(2)7-9(13)8(12)6(4-11)3-10-7/h3,5,11,13H,4H2,1-2H3,(H,10,12). The Balaban J connectivity index is 3.32. The van der Waals surface area contributed by atoms with Gasteiger partial charge in [-0.1, -0.05) is 13.8 Å². The first kappa shape index (κ1) is 9.80. The first-order valence-electron chi connectivity index (χ1n) is 4.12. The third-order valence-corrected chi connectivity index (χ3v) is 1.91. The number of aromatic nitrogens is 1. The summed E-state index contributed by atoms with van der Waals surface area (Å²) < 4.78 is 0. The van der Waals surface area contributed by atoms with Crippen LogP contribution in [0.3, 0.4) is 0 Å². The second kappa shape index (κ2) is 3.62. The lowest BCUT2D eigenvalue weighted by Crippen LogP contribution is -2.12. The summed E-state index contributed by atoms with van der Waals surface area (Å²) in [6.07, 6.45) is 1.43. The average Bonchev–Trinajstić information content (AvgIpc) is 2.09. The maximum Gasteiger partial charge on any atom is 0.228 e. The second-order valence-electron chi connectivity index (χ2n) is 3.22. The molecule has 0 spiro atoms. The van der Waals surface area contributed by atoms with Crippen molar-refractivity contribution in [2.75, 3.05) is 0 Å². The zero-order chi connectivity index (χ0) is 10.0. The number of aliphatic hydroxyl groups excluding tert-OH is 1. The van der Waals surface area contributed by atoms with E-state index in [1.54, 1.807) is 0 Å². The number of nitrogens with one attached hydrogen (secondary N) is 1. The number of aliphatic hydroxyl groups is 1. The van der Waals surface area contributed by atoms with Gasteiger partial charge >= 0.3 is 0 Å². The number of rotatable bonds is 2. The zero-order valence-corrected chi connectivity index (χ0v) is 7.66. The predicted molar refractivity (Wildman–Crippen MR) is 48.7 cm³/mol. The van der Waals surface area contributed by atoms with Crippen molar-refractivity contribution in [1.82, 2.24) is 4.98 Å². The van der Waals surface area contributed by atoms with Crippen LogP contribution in [-0.4, -0.2) is 15.2 Å². The molecule has 1 aromatic rings. The molecule has 72 valence electrons. The Kier molecular flexibility index (Phi) is 2.72. The van der Waals surface area contributed by atoms with E-state index in [1.807, 2.05) is 13.8 Å². The number of pyridine rings is 1. The smallest absolute Gasteiger partial charge is 0.228 e. The second-order valence-corrected chi connectivity index (χ2v) is 3.22. The molecule has 1 heterocycles. The summed E-state index contributed by atoms with van der Waals surface area (Å²) in [6.45, 7) is 3.37. The maximum absolute atomic E-state index is 11.3. The highest BCUT2D eigenvalue weighted by Crippen LogP contribution is 2.18. The lowest BCUT2D eigenvalue weighted by Gasteiger charge is -2.08. The third-order valence-electron chi connectivity index (χ3n) is 1.91. The van der Waals surface area contributed by atoms with Gasteiger partial charge in [0.1, 0.15) is 0 Å². The lowest BCUT2D eigenvalue weighted by molar-refractivity contribution is 0.279. The molecule has 4 nitrogen and oxygen atoms in total. The first-order valence-corrected chi connectivity index (χ1v) is 4.12. The molecule has 0 saturated carbocycles. The normalized spacial score (nSPS) is 10.8. The fourth-order valence-corrected chi connectivity index (χ4v) is 1.13. The van der Waals surface area contributed by atoms with E-state index < -0.39 is 5.43 Å². The Morgan fingerprint density at radius 2 is 2.15 bits per heavy atom. The molecule has 1 aromatic heterocycles. The summed E-state index contributed by atoms with van der Waals surface area (Å²) in [6, 6.07) is 0. The molecule has 13 heavy (non-hydrogen) atoms. The zero-order valence-electron chi connectivity index (χ0n) is 7.66. The van der Waals surface area contributed by atoms with Crippen LogP contribution in [-0.2, 0) is 6.61 Å². The van der Waals surface area contributed by atoms with Gasteiger partial charge in [-0.15, -0.1) is 0 Å². The molecule has 0 bridgehead atoms. The summed E-state index contributed by atoms with van der Waals surface area (Å²) in [4.78, 5) is 14.1. The van der Waals surface area contributed by atoms with E-state index in [2.05, 4.69) is 4.98 Å². The summed E-state index contributed by atoms with van der Waals surface area (Å²) in [7, 11) is 0. The van der Waals surface area contributed by atoms with Gasteiger partial charge in [0.15, 0.2) is 5.75 Å². The quantitative estimate of drug-likeness (QED) is 0.631. The molecule has 0 aliphatic carbocycles. The molecule has 0 saturated heterocycles. The molecule has 1 rings (SSSR count). The fourth-order valence-electron chi connectivity index (χ4n) is 1.13. The minimum Gasteiger partial charge on any atom is -0.503 e. The minimum atomic E-state index is -0.495. The van der Waals surface area contributed by atoms with Gasteiger partial charge < -0.3 is 15.2 Å². The van der Waals surface area contributed by atoms with Crippen molar-refractivity contribution in [3.8, 4) is 5.75 Å². The highest BCUT2D eigenvalue weighted by atomic mass is 16.3. The fraction of sp³-hybridized carbons (Fsp3) is 0.444. The number of hydrogen-bond acceptors (Lipinski definition) is 3. The first-order chi connectivity index (χ1) is 6.07. The van der Waals surface area contributed by atoms with Crippen molar-refractivity contribution in [2.24, 2.45) is 0 Å². The monoisotopic (exact) mass is 183 g/mol. The van der Waals surface area contributed by atoms with Crippen LogP contribution in [0.25, 0.3) is 0 Å². The van der Waals surface area contributed by atoms with Crippen LogP contribution in [0.4, 0.5) is 0 Å². The van der Waals surface area contributed by atoms with Gasteiger partial charge in [-0.2, -0.15) is 0 Å². The van der Waals surface area contributed by atoms with Crippen LogP contribution in [0.2, 0.25) is 0 Å². The predicted octanol–water partition coefficient (Wildman–Crippen LogP) is 0.696. The molecule has 4 heteroatoms. The Labute approximate surface area is 75.9 Å². The van der Waals surface area contributed by atoms with Gasteiger partial charge in [-0.05, 0) is 5.92 Å². The van der Waals surface area contributed by atoms with Crippen molar-refractivity contribution in [3.05, 3.63) is 27.7 Å². The van der Waals surface area contributed by atoms with E-state index >= 15 is 0 Å². The van der Waals surface area contributed by atoms with Crippen LogP contribution in [0, 0.1) is 0 Å². The van der Waals surface area contributed by atoms with Crippen LogP contribution in [0.15, 0.2) is 11.0 Å². The number of hydrogen-bond donors (Lipinski definition) is 3. The van der Waals surface area contributed by atoms with Crippen molar-refractivity contribution < 1.29 is 10.2 Å². The molecule has 3 N–H and O–H groups in total. The SMILES string of the molecule is CC(C)c1[nH]cc(CO)c(=O)c1O. The molecular formula is C9H13NO3. The van der Waals surface area contributed by atoms with Crippen molar-refractivity contribution in [2.45, 2.75) is 26.4 Å². The summed E-state index contributed by atoms with van der Waals surface area (Å²) in [5.41, 5.74) is 0.189. The van der Waals surface area contributed by atoms with Gasteiger partial charge in [0.2, 0.25) is 5.43 Å². The number of aromatic amines is 1. The van der Waals surface area contributed by atoms with E-state index in [0.717, 1.165) is 0 Å². The van der Waals surface area contributed by atoms with E-state index in [-0.39, 0.29) is 23.8 Å². The summed E-state index contributed by atoms with van der Waals surface area (Å²) >= 11 is 0. The topological polar surface area (TPSA) is 73.3 Å². The Hall–Kier alpha value is -1.29. The Bertz CT molecular complexity index is 354. The minimum absolute atomic E-state index is 0.0560. The highest BCUT2D eigenvalue weighted by molar-refractivity contribution is 5.31. The van der Waals surface area contributed by atoms with E-state index in [0.29, 0.717) is 5.69 Å². The molecule has 0 aliphatic rings. The summed E-state index contributed by atoms with van der Waals surface area (Å²) in [5.74, 6) is -0.234. The molecule has 0 fully saturated rings. The Morgan fingerprint density at radius 1 is 1.54 bits per heavy atom. The van der Waals surface area contributed by atoms with E-state index in [9.17, 15) is 9.90 Å². The largest absolute Gasteiger partial charge is 0.503 e. The lowest BCUT2D eigenvalue weighted by atomic mass is 10.1. The molecule has 0 unspecified atom stereocenters. The summed E-state index contributed by atoms with van der Waals surface area (Å²) in [5, 5.41) is 18.2. The van der Waals surface area contributed by atoms with E-state index in [1.165, 1.54) is 6.20 Å². The van der Waals surface area contributed by atoms with Crippen LogP contribution < -0.4 is 5.43 Å². The number of aromatic hydroxyl groups is 1. The molecule has 0 amide bonds. The van der Waals surface area contributed by atoms with Crippen LogP contribution in [0.1, 0.15) is 31.0 Å². The molecule has 0 radical (unpaired) electrons. The van der Waals surface area contributed by atoms with Crippen molar-refractivity contribution >= 4 is 0 Å². The highest BCUT2D eigenvalue weighted by Gasteiger charge is 2.11. The molecule has 0 aromatic carbocycles. The van der Waals surface area contributed by atoms with Gasteiger partial charge in [0.05, 0.1) is 12.3 Å². The van der Waals surface area contributed by atoms with Gasteiger partial charge in [-0.3, -0.25) is 4.79 Å². The maximum atomic E-state index is 11.3. The number of H-pyrrole nitrogens is 1. The van der Waals surface area contributed by atoms with Gasteiger partial charge in [0.25, 0.3) is 0 Å². The Morgan fingerprint density at radius 3 is 2.62 bits per heavy atom.